The van der Waals surface area contributed by atoms with Gasteiger partial charge in [-0.25, -0.2) is 4.99 Å². The number of nitrogens with one attached hydrogen (secondary N) is 1. The molecule has 4 heteroatoms. The molecule has 0 bridgehead atoms. The minimum absolute atomic E-state index is 0.0943. The van der Waals surface area contributed by atoms with E-state index in [2.05, 4.69) is 4.99 Å². The van der Waals surface area contributed by atoms with Crippen LogP contribution in [0.5, 0.6) is 5.75 Å². The van der Waals surface area contributed by atoms with Crippen molar-refractivity contribution in [2.45, 2.75) is 12.5 Å². The summed E-state index contributed by atoms with van der Waals surface area (Å²) >= 11 is 0. The lowest BCUT2D eigenvalue weighted by Crippen LogP contribution is -2.81. The first-order valence-electron chi connectivity index (χ1n) is 6.29. The molecule has 0 fully saturated rings. The number of para-hydroxylation sites is 1. The zero-order valence-corrected chi connectivity index (χ0v) is 10.8. The number of carboxylic acid groups (broad SMARTS) is 1. The van der Waals surface area contributed by atoms with Crippen LogP contribution in [-0.4, -0.2) is 23.3 Å². The fourth-order valence-corrected chi connectivity index (χ4v) is 1.86. The average molecular weight is 269 g/mol. The van der Waals surface area contributed by atoms with Crippen molar-refractivity contribution >= 4 is 12.2 Å². The molecule has 0 heterocycles. The van der Waals surface area contributed by atoms with E-state index < -0.39 is 12.0 Å². The molecular weight excluding hydrogens is 254 g/mol. The van der Waals surface area contributed by atoms with Crippen LogP contribution in [0.2, 0.25) is 0 Å². The van der Waals surface area contributed by atoms with Gasteiger partial charge in [-0.1, -0.05) is 42.5 Å². The van der Waals surface area contributed by atoms with E-state index in [0.717, 1.165) is 5.56 Å². The third-order valence-corrected chi connectivity index (χ3v) is 2.94. The summed E-state index contributed by atoms with van der Waals surface area (Å²) in [4.78, 5) is 13.9. The Morgan fingerprint density at radius 2 is 1.80 bits per heavy atom. The molecule has 0 aliphatic heterocycles. The van der Waals surface area contributed by atoms with Gasteiger partial charge in [-0.2, -0.15) is 0 Å². The van der Waals surface area contributed by atoms with Gasteiger partial charge in [0, 0.05) is 6.42 Å². The van der Waals surface area contributed by atoms with Crippen LogP contribution >= 0.6 is 0 Å². The highest BCUT2D eigenvalue weighted by Crippen LogP contribution is 2.11. The maximum Gasteiger partial charge on any atom is 0.194 e. The van der Waals surface area contributed by atoms with Gasteiger partial charge in [0.2, 0.25) is 0 Å². The lowest BCUT2D eigenvalue weighted by molar-refractivity contribution is -0.501. The number of phenolic OH excluding ortho intramolecular Hbond substituents is 1. The molecule has 0 spiro atoms. The minimum Gasteiger partial charge on any atom is -0.543 e. The topological polar surface area (TPSA) is 74.3 Å². The predicted octanol–water partition coefficient (Wildman–Crippen LogP) is -0.747. The second-order valence-corrected chi connectivity index (χ2v) is 4.43. The molecule has 2 rings (SSSR count). The van der Waals surface area contributed by atoms with Crippen LogP contribution < -0.4 is 10.1 Å². The molecule has 2 aromatic carbocycles. The molecule has 2 N–H and O–H groups in total. The van der Waals surface area contributed by atoms with Crippen LogP contribution in [0, 0.1) is 0 Å². The van der Waals surface area contributed by atoms with E-state index in [1.807, 2.05) is 30.3 Å². The molecule has 1 atom stereocenters. The van der Waals surface area contributed by atoms with Gasteiger partial charge < -0.3 is 15.0 Å². The number of phenols is 1. The van der Waals surface area contributed by atoms with Crippen molar-refractivity contribution in [3.63, 3.8) is 0 Å². The molecule has 0 aliphatic carbocycles. The van der Waals surface area contributed by atoms with Gasteiger partial charge in [0.25, 0.3) is 0 Å². The fraction of sp³-hybridized carbons (Fsp3) is 0.125. The summed E-state index contributed by atoms with van der Waals surface area (Å²) in [6.07, 6.45) is 1.80. The summed E-state index contributed by atoms with van der Waals surface area (Å²) in [6, 6.07) is 15.1. The Kier molecular flexibility index (Phi) is 4.50. The highest BCUT2D eigenvalue weighted by Gasteiger charge is 2.14. The Morgan fingerprint density at radius 3 is 2.45 bits per heavy atom. The summed E-state index contributed by atoms with van der Waals surface area (Å²) < 4.78 is 0. The molecule has 0 aromatic heterocycles. The second-order valence-electron chi connectivity index (χ2n) is 4.43. The number of hydrogen-bond acceptors (Lipinski definition) is 3. The quantitative estimate of drug-likeness (QED) is 0.702. The van der Waals surface area contributed by atoms with Crippen molar-refractivity contribution in [3.05, 3.63) is 65.7 Å². The van der Waals surface area contributed by atoms with Gasteiger partial charge in [-0.3, -0.25) is 0 Å². The molecule has 0 amide bonds. The maximum atomic E-state index is 11.2. The summed E-state index contributed by atoms with van der Waals surface area (Å²) in [5.41, 5.74) is 1.44. The van der Waals surface area contributed by atoms with Gasteiger partial charge in [0.15, 0.2) is 12.3 Å². The van der Waals surface area contributed by atoms with Crippen molar-refractivity contribution in [2.24, 2.45) is 0 Å². The number of rotatable bonds is 5. The summed E-state index contributed by atoms with van der Waals surface area (Å²) in [5.74, 6) is -1.09. The van der Waals surface area contributed by atoms with Crippen molar-refractivity contribution in [1.82, 2.24) is 0 Å². The SMILES string of the molecule is O=C([O-])[C@H](Cc1ccccc1)[NH+]=Cc1ccccc1O. The van der Waals surface area contributed by atoms with E-state index in [9.17, 15) is 15.0 Å². The number of carbonyl (C=O) groups excluding carboxylic acids is 1. The molecule has 20 heavy (non-hydrogen) atoms. The standard InChI is InChI=1S/C16H15NO3/c18-15-9-5-4-8-13(15)11-17-14(16(19)20)10-12-6-2-1-3-7-12/h1-9,11,14,18H,10H2,(H,19,20)/t14-/m0/s1. The van der Waals surface area contributed by atoms with Crippen LogP contribution in [0.3, 0.4) is 0 Å². The highest BCUT2D eigenvalue weighted by atomic mass is 16.4. The first-order valence-corrected chi connectivity index (χ1v) is 6.29. The molecule has 0 radical (unpaired) electrons. The van der Waals surface area contributed by atoms with Crippen molar-refractivity contribution < 1.29 is 20.0 Å². The van der Waals surface area contributed by atoms with Gasteiger partial charge in [0.05, 0.1) is 5.56 Å². The van der Waals surface area contributed by atoms with Gasteiger partial charge in [0.1, 0.15) is 11.7 Å². The van der Waals surface area contributed by atoms with E-state index in [-0.39, 0.29) is 5.75 Å². The predicted molar refractivity (Wildman–Crippen MR) is 73.2 cm³/mol. The normalized spacial score (nSPS) is 12.4. The molecule has 0 saturated carbocycles. The lowest BCUT2D eigenvalue weighted by atomic mass is 10.1. The van der Waals surface area contributed by atoms with E-state index >= 15 is 0 Å². The van der Waals surface area contributed by atoms with E-state index in [1.54, 1.807) is 24.3 Å². The smallest absolute Gasteiger partial charge is 0.194 e. The number of carboxylic acids is 1. The van der Waals surface area contributed by atoms with Gasteiger partial charge in [-0.15, -0.1) is 0 Å². The number of aliphatic carboxylic acids is 1. The van der Waals surface area contributed by atoms with Crippen LogP contribution in [-0.2, 0) is 11.2 Å². The van der Waals surface area contributed by atoms with Gasteiger partial charge >= 0.3 is 0 Å². The molecular formula is C16H15NO3. The minimum atomic E-state index is -1.18. The van der Waals surface area contributed by atoms with Crippen molar-refractivity contribution in [2.75, 3.05) is 0 Å². The zero-order chi connectivity index (χ0) is 14.4. The van der Waals surface area contributed by atoms with Crippen LogP contribution in [0.15, 0.2) is 54.6 Å². The molecule has 4 nitrogen and oxygen atoms in total. The van der Waals surface area contributed by atoms with Crippen LogP contribution in [0.4, 0.5) is 0 Å². The summed E-state index contributed by atoms with van der Waals surface area (Å²) in [6.45, 7) is 0. The zero-order valence-electron chi connectivity index (χ0n) is 10.8. The fourth-order valence-electron chi connectivity index (χ4n) is 1.86. The first-order chi connectivity index (χ1) is 9.66. The van der Waals surface area contributed by atoms with Crippen LogP contribution in [0.1, 0.15) is 11.1 Å². The Bertz CT molecular complexity index is 608. The third-order valence-electron chi connectivity index (χ3n) is 2.94. The molecule has 0 aliphatic rings. The second kappa shape index (κ2) is 6.52. The first kappa shape index (κ1) is 13.8. The number of aromatic hydroxyl groups is 1. The Morgan fingerprint density at radius 1 is 1.15 bits per heavy atom. The maximum absolute atomic E-state index is 11.2. The average Bonchev–Trinajstić information content (AvgIpc) is 2.46. The van der Waals surface area contributed by atoms with Crippen LogP contribution in [0.25, 0.3) is 0 Å². The Hall–Kier alpha value is -2.62. The summed E-state index contributed by atoms with van der Waals surface area (Å²) in [7, 11) is 0. The van der Waals surface area contributed by atoms with Crippen molar-refractivity contribution in [3.8, 4) is 5.75 Å². The molecule has 2 aromatic rings. The van der Waals surface area contributed by atoms with E-state index in [1.165, 1.54) is 6.21 Å². The summed E-state index contributed by atoms with van der Waals surface area (Å²) in [5, 5.41) is 20.8. The number of carbonyl (C=O) groups is 1. The lowest BCUT2D eigenvalue weighted by Gasteiger charge is -2.08. The highest BCUT2D eigenvalue weighted by molar-refractivity contribution is 5.80. The monoisotopic (exact) mass is 269 g/mol. The van der Waals surface area contributed by atoms with E-state index in [4.69, 9.17) is 0 Å². The Balaban J connectivity index is 2.14. The van der Waals surface area contributed by atoms with Gasteiger partial charge in [-0.05, 0) is 17.7 Å². The Labute approximate surface area is 117 Å². The third kappa shape index (κ3) is 3.68. The molecule has 0 saturated heterocycles. The molecule has 0 unspecified atom stereocenters. The van der Waals surface area contributed by atoms with E-state index in [0.29, 0.717) is 12.0 Å². The number of hydrogen-bond donors (Lipinski definition) is 2. The molecule has 102 valence electrons. The number of benzene rings is 2. The largest absolute Gasteiger partial charge is 0.543 e. The van der Waals surface area contributed by atoms with Crippen molar-refractivity contribution in [1.29, 1.82) is 0 Å².